The number of aromatic nitrogens is 1. The third-order valence-corrected chi connectivity index (χ3v) is 3.34. The molecule has 0 saturated heterocycles. The lowest BCUT2D eigenvalue weighted by Crippen LogP contribution is -2.05. The van der Waals surface area contributed by atoms with Crippen LogP contribution in [0.2, 0.25) is 0 Å². The van der Waals surface area contributed by atoms with Crippen molar-refractivity contribution >= 4 is 33.0 Å². The molecule has 0 N–H and O–H groups in total. The van der Waals surface area contributed by atoms with Crippen LogP contribution in [0.4, 0.5) is 0 Å². The first-order chi connectivity index (χ1) is 7.27. The minimum atomic E-state index is 0.0425. The van der Waals surface area contributed by atoms with E-state index in [4.69, 9.17) is 0 Å². The van der Waals surface area contributed by atoms with Crippen LogP contribution in [0, 0.1) is 0 Å². The lowest BCUT2D eigenvalue weighted by atomic mass is 10.1. The molecular weight excluding hydrogens is 274 g/mol. The Labute approximate surface area is 100 Å². The molecule has 0 fully saturated rings. The summed E-state index contributed by atoms with van der Waals surface area (Å²) < 4.78 is 0.755. The Morgan fingerprint density at radius 2 is 2.33 bits per heavy atom. The lowest BCUT2D eigenvalue weighted by Gasteiger charge is -2.00. The van der Waals surface area contributed by atoms with Gasteiger partial charge in [-0.25, -0.2) is 0 Å². The normalized spacial score (nSPS) is 10.2. The summed E-state index contributed by atoms with van der Waals surface area (Å²) in [5.74, 6) is 0.0425. The first-order valence-electron chi connectivity index (χ1n) is 4.42. The van der Waals surface area contributed by atoms with Crippen LogP contribution in [0.25, 0.3) is 0 Å². The van der Waals surface area contributed by atoms with E-state index in [0.717, 1.165) is 10.0 Å². The molecule has 0 unspecified atom stereocenters. The second kappa shape index (κ2) is 4.68. The molecule has 2 aromatic rings. The third kappa shape index (κ3) is 2.52. The largest absolute Gasteiger partial charge is 0.292 e. The second-order valence-corrected chi connectivity index (χ2v) is 4.70. The number of pyridine rings is 1. The molecule has 76 valence electrons. The van der Waals surface area contributed by atoms with Gasteiger partial charge in [0.1, 0.15) is 5.69 Å². The number of Topliss-reactive ketones (excluding diaryl/α,β-unsaturated/α-hetero) is 1. The molecule has 4 heteroatoms. The molecule has 0 amide bonds. The number of nitrogens with zero attached hydrogens (tertiary/aromatic N) is 1. The summed E-state index contributed by atoms with van der Waals surface area (Å²) in [5, 5.41) is 3.95. The fourth-order valence-electron chi connectivity index (χ4n) is 1.25. The van der Waals surface area contributed by atoms with Gasteiger partial charge in [0.2, 0.25) is 0 Å². The Morgan fingerprint density at radius 3 is 3.00 bits per heavy atom. The number of hydrogen-bond donors (Lipinski definition) is 0. The van der Waals surface area contributed by atoms with Crippen molar-refractivity contribution in [3.63, 3.8) is 0 Å². The molecule has 2 nitrogen and oxygen atoms in total. The number of thiophene rings is 1. The molecule has 0 aliphatic carbocycles. The number of carbonyl (C=O) groups is 1. The first kappa shape index (κ1) is 10.5. The highest BCUT2D eigenvalue weighted by Crippen LogP contribution is 2.16. The van der Waals surface area contributed by atoms with Crippen LogP contribution in [-0.4, -0.2) is 10.8 Å². The van der Waals surface area contributed by atoms with Crippen LogP contribution in [0.15, 0.2) is 39.6 Å². The van der Waals surface area contributed by atoms with Crippen LogP contribution in [0.5, 0.6) is 0 Å². The van der Waals surface area contributed by atoms with Crippen molar-refractivity contribution in [1.82, 2.24) is 4.98 Å². The van der Waals surface area contributed by atoms with Gasteiger partial charge in [-0.3, -0.25) is 9.78 Å². The van der Waals surface area contributed by atoms with E-state index in [1.54, 1.807) is 23.6 Å². The van der Waals surface area contributed by atoms with E-state index in [9.17, 15) is 4.79 Å². The third-order valence-electron chi connectivity index (χ3n) is 1.97. The molecule has 0 bridgehead atoms. The summed E-state index contributed by atoms with van der Waals surface area (Å²) in [6, 6.07) is 5.58. The van der Waals surface area contributed by atoms with Gasteiger partial charge in [0.05, 0.1) is 0 Å². The minimum absolute atomic E-state index is 0.0425. The monoisotopic (exact) mass is 281 g/mol. The highest BCUT2D eigenvalue weighted by molar-refractivity contribution is 9.10. The van der Waals surface area contributed by atoms with Crippen molar-refractivity contribution in [1.29, 1.82) is 0 Å². The number of rotatable bonds is 3. The van der Waals surface area contributed by atoms with Crippen LogP contribution >= 0.6 is 27.3 Å². The number of hydrogen-bond acceptors (Lipinski definition) is 3. The molecule has 0 radical (unpaired) electrons. The maximum absolute atomic E-state index is 11.8. The first-order valence-corrected chi connectivity index (χ1v) is 6.16. The van der Waals surface area contributed by atoms with E-state index >= 15 is 0 Å². The molecule has 0 spiro atoms. The van der Waals surface area contributed by atoms with Gasteiger partial charge in [-0.2, -0.15) is 11.3 Å². The van der Waals surface area contributed by atoms with Crippen molar-refractivity contribution < 1.29 is 4.79 Å². The smallest absolute Gasteiger partial charge is 0.186 e. The molecule has 0 aliphatic heterocycles. The van der Waals surface area contributed by atoms with Crippen molar-refractivity contribution in [2.45, 2.75) is 6.42 Å². The van der Waals surface area contributed by atoms with Gasteiger partial charge in [-0.05, 0) is 50.5 Å². The van der Waals surface area contributed by atoms with Crippen LogP contribution in [0.1, 0.15) is 16.1 Å². The molecule has 15 heavy (non-hydrogen) atoms. The highest BCUT2D eigenvalue weighted by atomic mass is 79.9. The zero-order valence-electron chi connectivity index (χ0n) is 7.81. The molecule has 2 rings (SSSR count). The minimum Gasteiger partial charge on any atom is -0.292 e. The van der Waals surface area contributed by atoms with E-state index in [2.05, 4.69) is 20.9 Å². The summed E-state index contributed by atoms with van der Waals surface area (Å²) in [4.78, 5) is 15.9. The molecular formula is C11H8BrNOS. The SMILES string of the molecule is O=C(Cc1ccsc1)c1ncccc1Br. The maximum atomic E-state index is 11.8. The predicted molar refractivity (Wildman–Crippen MR) is 64.3 cm³/mol. The Morgan fingerprint density at radius 1 is 1.47 bits per heavy atom. The Balaban J connectivity index is 2.19. The number of ketones is 1. The average molecular weight is 282 g/mol. The number of halogens is 1. The quantitative estimate of drug-likeness (QED) is 0.808. The van der Waals surface area contributed by atoms with Crippen molar-refractivity contribution in [2.75, 3.05) is 0 Å². The summed E-state index contributed by atoms with van der Waals surface area (Å²) in [6.45, 7) is 0. The van der Waals surface area contributed by atoms with E-state index in [1.165, 1.54) is 0 Å². The zero-order chi connectivity index (χ0) is 10.7. The zero-order valence-corrected chi connectivity index (χ0v) is 10.2. The van der Waals surface area contributed by atoms with Crippen LogP contribution < -0.4 is 0 Å². The van der Waals surface area contributed by atoms with Gasteiger partial charge < -0.3 is 0 Å². The number of carbonyl (C=O) groups excluding carboxylic acids is 1. The Hall–Kier alpha value is -1.00. The highest BCUT2D eigenvalue weighted by Gasteiger charge is 2.11. The summed E-state index contributed by atoms with van der Waals surface area (Å²) in [7, 11) is 0. The van der Waals surface area contributed by atoms with Crippen LogP contribution in [-0.2, 0) is 6.42 Å². The van der Waals surface area contributed by atoms with Crippen molar-refractivity contribution in [3.05, 3.63) is 50.9 Å². The van der Waals surface area contributed by atoms with E-state index in [-0.39, 0.29) is 5.78 Å². The predicted octanol–water partition coefficient (Wildman–Crippen LogP) is 3.33. The summed E-state index contributed by atoms with van der Waals surface area (Å²) in [5.41, 5.74) is 1.55. The van der Waals surface area contributed by atoms with Gasteiger partial charge in [0.25, 0.3) is 0 Å². The van der Waals surface area contributed by atoms with Gasteiger partial charge >= 0.3 is 0 Å². The standard InChI is InChI=1S/C11H8BrNOS/c12-9-2-1-4-13-11(9)10(14)6-8-3-5-15-7-8/h1-5,7H,6H2. The summed E-state index contributed by atoms with van der Waals surface area (Å²) >= 11 is 4.92. The fraction of sp³-hybridized carbons (Fsp3) is 0.0909. The molecule has 0 saturated carbocycles. The fourth-order valence-corrected chi connectivity index (χ4v) is 2.40. The van der Waals surface area contributed by atoms with E-state index in [0.29, 0.717) is 12.1 Å². The Kier molecular flexibility index (Phi) is 3.28. The second-order valence-electron chi connectivity index (χ2n) is 3.07. The van der Waals surface area contributed by atoms with E-state index in [1.807, 2.05) is 22.9 Å². The molecule has 2 aromatic heterocycles. The Bertz CT molecular complexity index is 467. The molecule has 0 aromatic carbocycles. The molecule has 0 atom stereocenters. The molecule has 2 heterocycles. The van der Waals surface area contributed by atoms with Gasteiger partial charge in [-0.1, -0.05) is 0 Å². The lowest BCUT2D eigenvalue weighted by molar-refractivity contribution is 0.0987. The van der Waals surface area contributed by atoms with Crippen molar-refractivity contribution in [2.24, 2.45) is 0 Å². The maximum Gasteiger partial charge on any atom is 0.186 e. The summed E-state index contributed by atoms with van der Waals surface area (Å²) in [6.07, 6.45) is 2.05. The van der Waals surface area contributed by atoms with Gasteiger partial charge in [0.15, 0.2) is 5.78 Å². The van der Waals surface area contributed by atoms with Crippen LogP contribution in [0.3, 0.4) is 0 Å². The van der Waals surface area contributed by atoms with Gasteiger partial charge in [-0.15, -0.1) is 0 Å². The average Bonchev–Trinajstić information content (AvgIpc) is 2.71. The molecule has 0 aliphatic rings. The van der Waals surface area contributed by atoms with Gasteiger partial charge in [0, 0.05) is 17.1 Å². The topological polar surface area (TPSA) is 30.0 Å². The van der Waals surface area contributed by atoms with E-state index < -0.39 is 0 Å². The van der Waals surface area contributed by atoms with Crippen molar-refractivity contribution in [3.8, 4) is 0 Å².